The fourth-order valence-electron chi connectivity index (χ4n) is 3.20. The minimum Gasteiger partial charge on any atom is -0.372 e. The van der Waals surface area contributed by atoms with Crippen molar-refractivity contribution in [2.24, 2.45) is 0 Å². The van der Waals surface area contributed by atoms with Crippen molar-refractivity contribution in [3.63, 3.8) is 0 Å². The van der Waals surface area contributed by atoms with Crippen molar-refractivity contribution in [2.75, 3.05) is 28.6 Å². The Morgan fingerprint density at radius 2 is 1.80 bits per heavy atom. The summed E-state index contributed by atoms with van der Waals surface area (Å²) in [4.78, 5) is 7.15. The summed E-state index contributed by atoms with van der Waals surface area (Å²) in [7, 11) is 0. The molecular formula is C25H32N4S. The van der Waals surface area contributed by atoms with E-state index in [2.05, 4.69) is 104 Å². The van der Waals surface area contributed by atoms with Gasteiger partial charge >= 0.3 is 0 Å². The molecule has 0 unspecified atom stereocenters. The van der Waals surface area contributed by atoms with Crippen LogP contribution in [0.2, 0.25) is 0 Å². The number of hydrogen-bond acceptors (Lipinski definition) is 5. The molecule has 2 N–H and O–H groups in total. The first kappa shape index (κ1) is 21.9. The molecule has 3 aromatic rings. The van der Waals surface area contributed by atoms with Gasteiger partial charge in [-0.2, -0.15) is 0 Å². The van der Waals surface area contributed by atoms with Crippen LogP contribution in [0.1, 0.15) is 39.7 Å². The Hall–Kier alpha value is -2.79. The molecule has 0 amide bonds. The van der Waals surface area contributed by atoms with E-state index in [1.54, 1.807) is 11.3 Å². The lowest BCUT2D eigenvalue weighted by atomic mass is 10.1. The minimum atomic E-state index is 0.910. The molecule has 1 aromatic heterocycles. The zero-order valence-corrected chi connectivity index (χ0v) is 19.4. The molecule has 30 heavy (non-hydrogen) atoms. The molecular weight excluding hydrogens is 388 g/mol. The van der Waals surface area contributed by atoms with E-state index >= 15 is 0 Å². The first-order valence-electron chi connectivity index (χ1n) is 10.6. The second kappa shape index (κ2) is 10.3. The van der Waals surface area contributed by atoms with Gasteiger partial charge in [0.15, 0.2) is 5.13 Å². The van der Waals surface area contributed by atoms with Crippen LogP contribution in [0.25, 0.3) is 11.3 Å². The third-order valence-electron chi connectivity index (χ3n) is 5.31. The first-order valence-corrected chi connectivity index (χ1v) is 11.5. The number of hydrogen-bond donors (Lipinski definition) is 2. The topological polar surface area (TPSA) is 40.2 Å². The lowest BCUT2D eigenvalue weighted by Crippen LogP contribution is -2.21. The van der Waals surface area contributed by atoms with Gasteiger partial charge in [-0.15, -0.1) is 11.3 Å². The largest absolute Gasteiger partial charge is 0.372 e. The number of nitrogens with zero attached hydrogens (tertiary/aromatic N) is 2. The number of rotatable bonds is 9. The van der Waals surface area contributed by atoms with Crippen LogP contribution in [0.4, 0.5) is 22.2 Å². The standard InChI is InChI=1S/C25H32N4S/c1-6-18(4)16-26-21-11-9-20(10-12-21)24-17-30-25(28-24)27-23-14-13-22(15-19(23)5)29(7-2)8-3/h9-17,26H,6-8H2,1-5H3,(H,27,28)/b18-16+. The van der Waals surface area contributed by atoms with Crippen LogP contribution in [0.3, 0.4) is 0 Å². The summed E-state index contributed by atoms with van der Waals surface area (Å²) in [5, 5.41) is 9.84. The Balaban J connectivity index is 1.69. The van der Waals surface area contributed by atoms with E-state index in [1.807, 2.05) is 0 Å². The van der Waals surface area contributed by atoms with E-state index in [0.29, 0.717) is 0 Å². The van der Waals surface area contributed by atoms with E-state index < -0.39 is 0 Å². The molecule has 0 fully saturated rings. The Morgan fingerprint density at radius 1 is 1.07 bits per heavy atom. The third kappa shape index (κ3) is 5.42. The van der Waals surface area contributed by atoms with Gasteiger partial charge in [-0.25, -0.2) is 4.98 Å². The van der Waals surface area contributed by atoms with Crippen molar-refractivity contribution >= 4 is 33.5 Å². The van der Waals surface area contributed by atoms with Gasteiger partial charge in [-0.05, 0) is 76.2 Å². The molecule has 0 saturated carbocycles. The number of benzene rings is 2. The number of allylic oxidation sites excluding steroid dienone is 1. The summed E-state index contributed by atoms with van der Waals surface area (Å²) in [6.45, 7) is 12.8. The molecule has 0 aliphatic carbocycles. The normalized spacial score (nSPS) is 11.4. The van der Waals surface area contributed by atoms with Crippen LogP contribution in [-0.2, 0) is 0 Å². The number of aromatic nitrogens is 1. The SMILES string of the molecule is CC/C(C)=C/Nc1ccc(-c2csc(Nc3ccc(N(CC)CC)cc3C)n2)cc1. The lowest BCUT2D eigenvalue weighted by Gasteiger charge is -2.22. The summed E-state index contributed by atoms with van der Waals surface area (Å²) in [6.07, 6.45) is 3.12. The van der Waals surface area contributed by atoms with Gasteiger partial charge in [0.05, 0.1) is 5.69 Å². The molecule has 0 aliphatic rings. The Kier molecular flexibility index (Phi) is 7.52. The quantitative estimate of drug-likeness (QED) is 0.377. The van der Waals surface area contributed by atoms with Crippen molar-refractivity contribution in [1.82, 2.24) is 4.98 Å². The molecule has 158 valence electrons. The van der Waals surface area contributed by atoms with Crippen LogP contribution in [0.5, 0.6) is 0 Å². The summed E-state index contributed by atoms with van der Waals surface area (Å²) in [6, 6.07) is 15.0. The van der Waals surface area contributed by atoms with Crippen molar-refractivity contribution in [3.8, 4) is 11.3 Å². The maximum Gasteiger partial charge on any atom is 0.187 e. The average molecular weight is 421 g/mol. The van der Waals surface area contributed by atoms with Crippen molar-refractivity contribution in [2.45, 2.75) is 41.0 Å². The van der Waals surface area contributed by atoms with Gasteiger partial charge in [-0.1, -0.05) is 24.6 Å². The number of nitrogens with one attached hydrogen (secondary N) is 2. The molecule has 4 nitrogen and oxygen atoms in total. The molecule has 0 aliphatic heterocycles. The highest BCUT2D eigenvalue weighted by atomic mass is 32.1. The maximum absolute atomic E-state index is 4.79. The van der Waals surface area contributed by atoms with Crippen molar-refractivity contribution < 1.29 is 0 Å². The summed E-state index contributed by atoms with van der Waals surface area (Å²) < 4.78 is 0. The van der Waals surface area contributed by atoms with Gasteiger partial charge in [0.1, 0.15) is 0 Å². The molecule has 1 heterocycles. The van der Waals surface area contributed by atoms with E-state index in [4.69, 9.17) is 4.98 Å². The molecule has 0 atom stereocenters. The molecule has 3 rings (SSSR count). The van der Waals surface area contributed by atoms with Crippen LogP contribution < -0.4 is 15.5 Å². The highest BCUT2D eigenvalue weighted by molar-refractivity contribution is 7.14. The highest BCUT2D eigenvalue weighted by Gasteiger charge is 2.08. The average Bonchev–Trinajstić information content (AvgIpc) is 3.23. The van der Waals surface area contributed by atoms with Gasteiger partial charge in [-0.3, -0.25) is 0 Å². The van der Waals surface area contributed by atoms with E-state index in [0.717, 1.165) is 47.3 Å². The Bertz CT molecular complexity index is 985. The number of aryl methyl sites for hydroxylation is 1. The Morgan fingerprint density at radius 3 is 2.43 bits per heavy atom. The minimum absolute atomic E-state index is 0.910. The zero-order chi connectivity index (χ0) is 21.5. The van der Waals surface area contributed by atoms with Crippen LogP contribution >= 0.6 is 11.3 Å². The summed E-state index contributed by atoms with van der Waals surface area (Å²) >= 11 is 1.63. The molecule has 0 bridgehead atoms. The fourth-order valence-corrected chi connectivity index (χ4v) is 3.93. The van der Waals surface area contributed by atoms with Gasteiger partial charge in [0.25, 0.3) is 0 Å². The predicted octanol–water partition coefficient (Wildman–Crippen LogP) is 7.43. The van der Waals surface area contributed by atoms with E-state index in [-0.39, 0.29) is 0 Å². The maximum atomic E-state index is 4.79. The Labute approximate surface area is 184 Å². The molecule has 5 heteroatoms. The first-order chi connectivity index (χ1) is 14.5. The predicted molar refractivity (Wildman–Crippen MR) is 133 cm³/mol. The summed E-state index contributed by atoms with van der Waals surface area (Å²) in [5.74, 6) is 0. The third-order valence-corrected chi connectivity index (χ3v) is 6.07. The van der Waals surface area contributed by atoms with E-state index in [9.17, 15) is 0 Å². The smallest absolute Gasteiger partial charge is 0.187 e. The molecule has 0 spiro atoms. The van der Waals surface area contributed by atoms with Gasteiger partial charge in [0, 0.05) is 41.1 Å². The van der Waals surface area contributed by atoms with E-state index in [1.165, 1.54) is 16.8 Å². The van der Waals surface area contributed by atoms with Crippen LogP contribution in [0, 0.1) is 6.92 Å². The molecule has 0 radical (unpaired) electrons. The second-order valence-electron chi connectivity index (χ2n) is 7.40. The van der Waals surface area contributed by atoms with Gasteiger partial charge in [0.2, 0.25) is 0 Å². The van der Waals surface area contributed by atoms with Crippen LogP contribution in [-0.4, -0.2) is 18.1 Å². The molecule has 0 saturated heterocycles. The fraction of sp³-hybridized carbons (Fsp3) is 0.320. The van der Waals surface area contributed by atoms with Gasteiger partial charge < -0.3 is 15.5 Å². The number of thiazole rings is 1. The van der Waals surface area contributed by atoms with Crippen molar-refractivity contribution in [1.29, 1.82) is 0 Å². The highest BCUT2D eigenvalue weighted by Crippen LogP contribution is 2.30. The number of anilines is 4. The lowest BCUT2D eigenvalue weighted by molar-refractivity contribution is 0.866. The van der Waals surface area contributed by atoms with Crippen LogP contribution in [0.15, 0.2) is 59.6 Å². The van der Waals surface area contributed by atoms with Crippen molar-refractivity contribution in [3.05, 3.63) is 65.2 Å². The summed E-state index contributed by atoms with van der Waals surface area (Å²) in [5.41, 5.74) is 8.12. The second-order valence-corrected chi connectivity index (χ2v) is 8.26. The molecule has 2 aromatic carbocycles. The monoisotopic (exact) mass is 420 g/mol. The zero-order valence-electron chi connectivity index (χ0n) is 18.6.